The van der Waals surface area contributed by atoms with Gasteiger partial charge in [-0.05, 0) is 41.5 Å². The summed E-state index contributed by atoms with van der Waals surface area (Å²) in [6.07, 6.45) is 0. The molecule has 0 spiro atoms. The van der Waals surface area contributed by atoms with E-state index in [-0.39, 0.29) is 17.5 Å². The molecule has 7 heteroatoms. The molecule has 1 aromatic rings. The molecule has 134 valence electrons. The minimum absolute atomic E-state index is 0.154. The van der Waals surface area contributed by atoms with E-state index in [0.717, 1.165) is 29.6 Å². The van der Waals surface area contributed by atoms with E-state index in [1.807, 2.05) is 24.3 Å². The number of thiazole rings is 1. The van der Waals surface area contributed by atoms with E-state index in [9.17, 15) is 4.79 Å². The maximum absolute atomic E-state index is 12.7. The molecule has 1 saturated heterocycles. The highest BCUT2D eigenvalue weighted by molar-refractivity contribution is 7.09. The average molecular weight is 352 g/mol. The van der Waals surface area contributed by atoms with Crippen LogP contribution in [0.5, 0.6) is 0 Å². The molecule has 24 heavy (non-hydrogen) atoms. The lowest BCUT2D eigenvalue weighted by Gasteiger charge is -2.49. The first-order valence-corrected chi connectivity index (χ1v) is 9.38. The normalized spacial score (nSPS) is 18.5. The first kappa shape index (κ1) is 18.7. The summed E-state index contributed by atoms with van der Waals surface area (Å²) in [6.45, 7) is 14.9. The van der Waals surface area contributed by atoms with Crippen LogP contribution < -0.4 is 5.32 Å². The van der Waals surface area contributed by atoms with Crippen molar-refractivity contribution in [2.75, 3.05) is 19.6 Å². The number of amides is 1. The van der Waals surface area contributed by atoms with Gasteiger partial charge in [-0.15, -0.1) is 11.3 Å². The highest BCUT2D eigenvalue weighted by atomic mass is 32.1. The summed E-state index contributed by atoms with van der Waals surface area (Å²) in [7, 11) is 0. The topological polar surface area (TPSA) is 60.8 Å². The molecular weight excluding hydrogens is 322 g/mol. The molecule has 0 radical (unpaired) electrons. The zero-order chi connectivity index (χ0) is 17.9. The molecular formula is C17H29N5OS. The first-order chi connectivity index (χ1) is 11.3. The lowest BCUT2D eigenvalue weighted by atomic mass is 9.96. The van der Waals surface area contributed by atoms with Crippen molar-refractivity contribution in [3.05, 3.63) is 16.1 Å². The molecule has 1 N–H and O–H groups in total. The minimum Gasteiger partial charge on any atom is -0.356 e. The van der Waals surface area contributed by atoms with Crippen molar-refractivity contribution in [1.82, 2.24) is 20.1 Å². The fourth-order valence-corrected chi connectivity index (χ4v) is 4.06. The van der Waals surface area contributed by atoms with Crippen molar-refractivity contribution in [2.24, 2.45) is 4.99 Å². The van der Waals surface area contributed by atoms with Crippen LogP contribution in [0.3, 0.4) is 0 Å². The summed E-state index contributed by atoms with van der Waals surface area (Å²) >= 11 is 1.62. The van der Waals surface area contributed by atoms with Gasteiger partial charge < -0.3 is 15.1 Å². The fraction of sp³-hybridized carbons (Fsp3) is 0.706. The van der Waals surface area contributed by atoms with Gasteiger partial charge in [-0.2, -0.15) is 0 Å². The molecule has 0 atom stereocenters. The SMILES string of the molecule is CCNC(=NCc1scnc1C)N1CC(=O)N(C(C)C)C(C)(C)C1. The van der Waals surface area contributed by atoms with Crippen LogP contribution in [0.4, 0.5) is 0 Å². The molecule has 2 rings (SSSR count). The van der Waals surface area contributed by atoms with Crippen LogP contribution in [-0.2, 0) is 11.3 Å². The molecule has 1 aliphatic heterocycles. The number of hydrogen-bond acceptors (Lipinski definition) is 4. The van der Waals surface area contributed by atoms with Gasteiger partial charge in [-0.1, -0.05) is 0 Å². The third-order valence-corrected chi connectivity index (χ3v) is 5.11. The van der Waals surface area contributed by atoms with Gasteiger partial charge >= 0.3 is 0 Å². The summed E-state index contributed by atoms with van der Waals surface area (Å²) in [5.74, 6) is 0.955. The highest BCUT2D eigenvalue weighted by Crippen LogP contribution is 2.24. The van der Waals surface area contributed by atoms with Crippen LogP contribution in [-0.4, -0.2) is 57.9 Å². The highest BCUT2D eigenvalue weighted by Gasteiger charge is 2.40. The van der Waals surface area contributed by atoms with E-state index in [1.165, 1.54) is 0 Å². The van der Waals surface area contributed by atoms with E-state index < -0.39 is 0 Å². The third kappa shape index (κ3) is 4.06. The molecule has 1 aromatic heterocycles. The Bertz CT molecular complexity index is 608. The number of piperazine rings is 1. The zero-order valence-electron chi connectivity index (χ0n) is 15.6. The Morgan fingerprint density at radius 3 is 2.71 bits per heavy atom. The van der Waals surface area contributed by atoms with Gasteiger partial charge in [0.15, 0.2) is 5.96 Å². The molecule has 0 unspecified atom stereocenters. The number of carbonyl (C=O) groups excluding carboxylic acids is 1. The Morgan fingerprint density at radius 1 is 1.50 bits per heavy atom. The van der Waals surface area contributed by atoms with Crippen molar-refractivity contribution in [2.45, 2.75) is 59.7 Å². The van der Waals surface area contributed by atoms with Crippen molar-refractivity contribution in [3.63, 3.8) is 0 Å². The number of aryl methyl sites for hydroxylation is 1. The molecule has 2 heterocycles. The average Bonchev–Trinajstić information content (AvgIpc) is 2.86. The number of carbonyl (C=O) groups is 1. The van der Waals surface area contributed by atoms with Crippen LogP contribution in [0.25, 0.3) is 0 Å². The van der Waals surface area contributed by atoms with Gasteiger partial charge in [0.1, 0.15) is 0 Å². The Hall–Kier alpha value is -1.63. The molecule has 0 aliphatic carbocycles. The van der Waals surface area contributed by atoms with Gasteiger partial charge in [0.05, 0.1) is 29.8 Å². The summed E-state index contributed by atoms with van der Waals surface area (Å²) in [5, 5.41) is 3.33. The number of guanidine groups is 1. The number of aliphatic imine (C=N–C) groups is 1. The van der Waals surface area contributed by atoms with Crippen LogP contribution >= 0.6 is 11.3 Å². The summed E-state index contributed by atoms with van der Waals surface area (Å²) in [5.41, 5.74) is 2.65. The lowest BCUT2D eigenvalue weighted by molar-refractivity contribution is -0.145. The molecule has 6 nitrogen and oxygen atoms in total. The molecule has 0 bridgehead atoms. The predicted octanol–water partition coefficient (Wildman–Crippen LogP) is 2.25. The quantitative estimate of drug-likeness (QED) is 0.668. The number of nitrogens with one attached hydrogen (secondary N) is 1. The fourth-order valence-electron chi connectivity index (χ4n) is 3.36. The van der Waals surface area contributed by atoms with Crippen LogP contribution in [0.15, 0.2) is 10.5 Å². The first-order valence-electron chi connectivity index (χ1n) is 8.50. The lowest BCUT2D eigenvalue weighted by Crippen LogP contribution is -2.66. The smallest absolute Gasteiger partial charge is 0.242 e. The Balaban J connectivity index is 2.19. The maximum atomic E-state index is 12.7. The van der Waals surface area contributed by atoms with E-state index in [2.05, 4.69) is 42.9 Å². The number of nitrogens with zero attached hydrogens (tertiary/aromatic N) is 4. The van der Waals surface area contributed by atoms with Gasteiger partial charge in [0.2, 0.25) is 5.91 Å². The Morgan fingerprint density at radius 2 is 2.21 bits per heavy atom. The molecule has 0 saturated carbocycles. The van der Waals surface area contributed by atoms with Crippen molar-refractivity contribution < 1.29 is 4.79 Å². The molecule has 1 fully saturated rings. The second-order valence-electron chi connectivity index (χ2n) is 7.06. The number of aromatic nitrogens is 1. The standard InChI is InChI=1S/C17H29N5OS/c1-7-18-16(19-8-14-13(4)20-11-24-14)21-9-15(23)22(12(2)3)17(5,6)10-21/h11-12H,7-10H2,1-6H3,(H,18,19). The summed E-state index contributed by atoms with van der Waals surface area (Å²) < 4.78 is 0. The number of hydrogen-bond donors (Lipinski definition) is 1. The van der Waals surface area contributed by atoms with Gasteiger partial charge in [-0.3, -0.25) is 4.79 Å². The monoisotopic (exact) mass is 351 g/mol. The van der Waals surface area contributed by atoms with E-state index in [4.69, 9.17) is 4.99 Å². The second-order valence-corrected chi connectivity index (χ2v) is 8.00. The largest absolute Gasteiger partial charge is 0.356 e. The van der Waals surface area contributed by atoms with Crippen molar-refractivity contribution >= 4 is 23.2 Å². The van der Waals surface area contributed by atoms with Crippen molar-refractivity contribution in [1.29, 1.82) is 0 Å². The summed E-state index contributed by atoms with van der Waals surface area (Å²) in [6, 6.07) is 0.203. The Kier molecular flexibility index (Phi) is 5.85. The van der Waals surface area contributed by atoms with E-state index >= 15 is 0 Å². The third-order valence-electron chi connectivity index (χ3n) is 4.19. The Labute approximate surface area is 149 Å². The molecule has 1 aliphatic rings. The van der Waals surface area contributed by atoms with Crippen LogP contribution in [0, 0.1) is 6.92 Å². The van der Waals surface area contributed by atoms with Gasteiger partial charge in [0, 0.05) is 24.0 Å². The van der Waals surface area contributed by atoms with Crippen LogP contribution in [0.2, 0.25) is 0 Å². The van der Waals surface area contributed by atoms with E-state index in [1.54, 1.807) is 11.3 Å². The van der Waals surface area contributed by atoms with E-state index in [0.29, 0.717) is 13.1 Å². The molecule has 0 aromatic carbocycles. The minimum atomic E-state index is -0.222. The van der Waals surface area contributed by atoms with Crippen molar-refractivity contribution in [3.8, 4) is 0 Å². The summed E-state index contributed by atoms with van der Waals surface area (Å²) in [4.78, 5) is 26.9. The predicted molar refractivity (Wildman–Crippen MR) is 99.3 cm³/mol. The second kappa shape index (κ2) is 7.51. The van der Waals surface area contributed by atoms with Gasteiger partial charge in [-0.25, -0.2) is 9.98 Å². The maximum Gasteiger partial charge on any atom is 0.242 e. The number of rotatable bonds is 4. The van der Waals surface area contributed by atoms with Crippen LogP contribution in [0.1, 0.15) is 45.2 Å². The molecule has 1 amide bonds. The van der Waals surface area contributed by atoms with Gasteiger partial charge in [0.25, 0.3) is 0 Å². The zero-order valence-corrected chi connectivity index (χ0v) is 16.4.